The van der Waals surface area contributed by atoms with E-state index in [-0.39, 0.29) is 30.0 Å². The van der Waals surface area contributed by atoms with Crippen molar-refractivity contribution in [3.05, 3.63) is 76.7 Å². The van der Waals surface area contributed by atoms with Gasteiger partial charge in [0, 0.05) is 7.05 Å². The molecule has 0 fully saturated rings. The number of esters is 1. The SMILES string of the molecule is CCOC(=O)C1=C(COc2ccccc2F)N(C)C(=O)N[C@H]1c1ccc(C(C)(C)C)cc1. The topological polar surface area (TPSA) is 67.9 Å². The molecule has 1 atom stereocenters. The second-order valence-corrected chi connectivity index (χ2v) is 8.61. The Hall–Kier alpha value is -3.35. The molecule has 170 valence electrons. The summed E-state index contributed by atoms with van der Waals surface area (Å²) in [6.45, 7) is 8.06. The number of hydrogen-bond acceptors (Lipinski definition) is 4. The van der Waals surface area contributed by atoms with Gasteiger partial charge in [-0.1, -0.05) is 57.2 Å². The molecule has 0 unspecified atom stereocenters. The first-order chi connectivity index (χ1) is 15.1. The molecule has 1 N–H and O–H groups in total. The van der Waals surface area contributed by atoms with E-state index in [0.717, 1.165) is 11.1 Å². The lowest BCUT2D eigenvalue weighted by atomic mass is 9.85. The fourth-order valence-electron chi connectivity index (χ4n) is 3.51. The summed E-state index contributed by atoms with van der Waals surface area (Å²) in [4.78, 5) is 27.0. The van der Waals surface area contributed by atoms with Gasteiger partial charge < -0.3 is 14.8 Å². The number of carbonyl (C=O) groups excluding carboxylic acids is 2. The molecule has 0 aromatic heterocycles. The van der Waals surface area contributed by atoms with E-state index in [0.29, 0.717) is 5.70 Å². The molecule has 1 aliphatic rings. The van der Waals surface area contributed by atoms with Crippen molar-refractivity contribution in [2.45, 2.75) is 39.2 Å². The Morgan fingerprint density at radius 2 is 1.78 bits per heavy atom. The van der Waals surface area contributed by atoms with Crippen LogP contribution in [0.4, 0.5) is 9.18 Å². The molecule has 3 rings (SSSR count). The first-order valence-corrected chi connectivity index (χ1v) is 10.6. The third kappa shape index (κ3) is 4.93. The summed E-state index contributed by atoms with van der Waals surface area (Å²) in [5, 5.41) is 2.87. The third-order valence-electron chi connectivity index (χ3n) is 5.38. The zero-order valence-corrected chi connectivity index (χ0v) is 19.1. The zero-order chi connectivity index (χ0) is 23.5. The smallest absolute Gasteiger partial charge is 0.338 e. The van der Waals surface area contributed by atoms with Crippen LogP contribution in [0.1, 0.15) is 44.9 Å². The van der Waals surface area contributed by atoms with Gasteiger partial charge in [0.15, 0.2) is 11.6 Å². The van der Waals surface area contributed by atoms with Gasteiger partial charge in [-0.2, -0.15) is 0 Å². The number of hydrogen-bond donors (Lipinski definition) is 1. The highest BCUT2D eigenvalue weighted by molar-refractivity contribution is 5.95. The summed E-state index contributed by atoms with van der Waals surface area (Å²) in [6, 6.07) is 12.6. The molecule has 1 heterocycles. The molecule has 2 aromatic rings. The number of ether oxygens (including phenoxy) is 2. The fourth-order valence-corrected chi connectivity index (χ4v) is 3.51. The predicted molar refractivity (Wildman–Crippen MR) is 120 cm³/mol. The Bertz CT molecular complexity index is 1020. The van der Waals surface area contributed by atoms with Crippen LogP contribution in [0.5, 0.6) is 5.75 Å². The fraction of sp³-hybridized carbons (Fsp3) is 0.360. The van der Waals surface area contributed by atoms with Gasteiger partial charge >= 0.3 is 12.0 Å². The van der Waals surface area contributed by atoms with Crippen molar-refractivity contribution < 1.29 is 23.5 Å². The molecule has 2 amide bonds. The van der Waals surface area contributed by atoms with E-state index in [1.165, 1.54) is 24.1 Å². The average molecular weight is 441 g/mol. The minimum Gasteiger partial charge on any atom is -0.484 e. The number of carbonyl (C=O) groups is 2. The predicted octanol–water partition coefficient (Wildman–Crippen LogP) is 4.72. The minimum atomic E-state index is -0.717. The molecule has 0 aliphatic carbocycles. The van der Waals surface area contributed by atoms with Gasteiger partial charge in [-0.3, -0.25) is 4.90 Å². The van der Waals surface area contributed by atoms with Crippen LogP contribution < -0.4 is 10.1 Å². The molecule has 0 spiro atoms. The van der Waals surface area contributed by atoms with Gasteiger partial charge in [0.2, 0.25) is 0 Å². The van der Waals surface area contributed by atoms with E-state index < -0.39 is 23.9 Å². The zero-order valence-electron chi connectivity index (χ0n) is 19.1. The van der Waals surface area contributed by atoms with Crippen LogP contribution in [0.15, 0.2) is 59.8 Å². The highest BCUT2D eigenvalue weighted by Crippen LogP contribution is 2.33. The molecule has 7 heteroatoms. The van der Waals surface area contributed by atoms with Crippen LogP contribution in [0.2, 0.25) is 0 Å². The number of para-hydroxylation sites is 1. The average Bonchev–Trinajstić information content (AvgIpc) is 2.75. The lowest BCUT2D eigenvalue weighted by Crippen LogP contribution is -2.48. The third-order valence-corrected chi connectivity index (χ3v) is 5.38. The molecule has 1 aliphatic heterocycles. The molecule has 0 radical (unpaired) electrons. The Morgan fingerprint density at radius 1 is 1.12 bits per heavy atom. The normalized spacial score (nSPS) is 16.6. The summed E-state index contributed by atoms with van der Waals surface area (Å²) in [5.74, 6) is -1.05. The van der Waals surface area contributed by atoms with Crippen molar-refractivity contribution in [1.29, 1.82) is 0 Å². The summed E-state index contributed by atoms with van der Waals surface area (Å²) in [6.07, 6.45) is 0. The van der Waals surface area contributed by atoms with Gasteiger partial charge in [-0.25, -0.2) is 14.0 Å². The van der Waals surface area contributed by atoms with Crippen molar-refractivity contribution >= 4 is 12.0 Å². The van der Waals surface area contributed by atoms with Gasteiger partial charge in [0.1, 0.15) is 6.61 Å². The van der Waals surface area contributed by atoms with Crippen LogP contribution in [0.3, 0.4) is 0 Å². The van der Waals surface area contributed by atoms with Gasteiger partial charge in [-0.15, -0.1) is 0 Å². The number of urea groups is 1. The minimum absolute atomic E-state index is 0.0346. The molecule has 6 nitrogen and oxygen atoms in total. The van der Waals surface area contributed by atoms with E-state index in [2.05, 4.69) is 26.1 Å². The number of nitrogens with one attached hydrogen (secondary N) is 1. The second kappa shape index (κ2) is 9.42. The summed E-state index contributed by atoms with van der Waals surface area (Å²) < 4.78 is 25.0. The lowest BCUT2D eigenvalue weighted by Gasteiger charge is -2.34. The lowest BCUT2D eigenvalue weighted by molar-refractivity contribution is -0.139. The molecular formula is C25H29FN2O4. The molecule has 0 saturated heterocycles. The highest BCUT2D eigenvalue weighted by Gasteiger charge is 2.37. The first-order valence-electron chi connectivity index (χ1n) is 10.6. The van der Waals surface area contributed by atoms with E-state index in [1.807, 2.05) is 24.3 Å². The van der Waals surface area contributed by atoms with Crippen LogP contribution in [0, 0.1) is 5.82 Å². The van der Waals surface area contributed by atoms with E-state index in [4.69, 9.17) is 9.47 Å². The maximum atomic E-state index is 14.0. The van der Waals surface area contributed by atoms with Gasteiger partial charge in [-0.05, 0) is 35.6 Å². The molecule has 2 aromatic carbocycles. The van der Waals surface area contributed by atoms with Crippen LogP contribution in [-0.4, -0.2) is 37.2 Å². The number of likely N-dealkylation sites (N-methyl/N-ethyl adjacent to an activating group) is 1. The Labute approximate surface area is 188 Å². The van der Waals surface area contributed by atoms with Gasteiger partial charge in [0.25, 0.3) is 0 Å². The van der Waals surface area contributed by atoms with Crippen LogP contribution in [-0.2, 0) is 14.9 Å². The first kappa shape index (κ1) is 23.3. The quantitative estimate of drug-likeness (QED) is 0.661. The standard InChI is InChI=1S/C25H29FN2O4/c1-6-31-23(29)21-19(15-32-20-10-8-7-9-18(20)26)28(5)24(30)27-22(21)16-11-13-17(14-12-16)25(2,3)4/h7-14,22H,6,15H2,1-5H3,(H,27,30)/t22-/m0/s1. The Kier molecular flexibility index (Phi) is 6.87. The largest absolute Gasteiger partial charge is 0.484 e. The number of amides is 2. The Balaban J connectivity index is 2.04. The Morgan fingerprint density at radius 3 is 2.38 bits per heavy atom. The van der Waals surface area contributed by atoms with E-state index in [9.17, 15) is 14.0 Å². The number of nitrogens with zero attached hydrogens (tertiary/aromatic N) is 1. The molecule has 32 heavy (non-hydrogen) atoms. The van der Waals surface area contributed by atoms with Gasteiger partial charge in [0.05, 0.1) is 23.9 Å². The van der Waals surface area contributed by atoms with Crippen LogP contribution in [0.25, 0.3) is 0 Å². The molecule has 0 bridgehead atoms. The summed E-state index contributed by atoms with van der Waals surface area (Å²) in [7, 11) is 1.54. The van der Waals surface area contributed by atoms with Crippen LogP contribution >= 0.6 is 0 Å². The summed E-state index contributed by atoms with van der Waals surface area (Å²) in [5.41, 5.74) is 2.41. The van der Waals surface area contributed by atoms with Crippen molar-refractivity contribution in [3.8, 4) is 5.75 Å². The van der Waals surface area contributed by atoms with Crippen molar-refractivity contribution in [2.24, 2.45) is 0 Å². The van der Waals surface area contributed by atoms with Crippen molar-refractivity contribution in [1.82, 2.24) is 10.2 Å². The number of rotatable bonds is 6. The highest BCUT2D eigenvalue weighted by atomic mass is 19.1. The van der Waals surface area contributed by atoms with Crippen molar-refractivity contribution in [3.63, 3.8) is 0 Å². The maximum Gasteiger partial charge on any atom is 0.338 e. The summed E-state index contributed by atoms with van der Waals surface area (Å²) >= 11 is 0. The number of halogens is 1. The maximum absolute atomic E-state index is 14.0. The molecule has 0 saturated carbocycles. The van der Waals surface area contributed by atoms with E-state index >= 15 is 0 Å². The monoisotopic (exact) mass is 440 g/mol. The van der Waals surface area contributed by atoms with E-state index in [1.54, 1.807) is 19.1 Å². The number of benzene rings is 2. The molecular weight excluding hydrogens is 411 g/mol. The second-order valence-electron chi connectivity index (χ2n) is 8.61. The van der Waals surface area contributed by atoms with Crippen molar-refractivity contribution in [2.75, 3.05) is 20.3 Å².